The third kappa shape index (κ3) is 7.37. The van der Waals surface area contributed by atoms with Crippen molar-refractivity contribution in [2.75, 3.05) is 6.61 Å². The molecule has 244 valence electrons. The summed E-state index contributed by atoms with van der Waals surface area (Å²) in [6.07, 6.45) is 6.77. The van der Waals surface area contributed by atoms with E-state index >= 15 is 0 Å². The Hall–Kier alpha value is -4.34. The van der Waals surface area contributed by atoms with Crippen LogP contribution in [0.3, 0.4) is 0 Å². The number of esters is 1. The third-order valence-corrected chi connectivity index (χ3v) is 10.1. The number of amides is 2. The highest BCUT2D eigenvalue weighted by Crippen LogP contribution is 2.54. The van der Waals surface area contributed by atoms with Crippen molar-refractivity contribution in [1.82, 2.24) is 15.6 Å². The van der Waals surface area contributed by atoms with Gasteiger partial charge in [-0.15, -0.1) is 0 Å². The Morgan fingerprint density at radius 3 is 2.30 bits per heavy atom. The van der Waals surface area contributed by atoms with Gasteiger partial charge in [0, 0.05) is 23.5 Å². The molecule has 3 aromatic rings. The predicted octanol–water partition coefficient (Wildman–Crippen LogP) is 5.16. The molecule has 1 heterocycles. The number of alkyl carbamates (subject to hydrolysis) is 1. The number of hydrogen-bond donors (Lipinski definition) is 4. The van der Waals surface area contributed by atoms with Gasteiger partial charge in [0.2, 0.25) is 5.91 Å². The number of ether oxygens (including phenoxy) is 2. The molecule has 4 saturated carbocycles. The Balaban J connectivity index is 1.20. The Morgan fingerprint density at radius 1 is 0.935 bits per heavy atom. The van der Waals surface area contributed by atoms with E-state index in [-0.39, 0.29) is 32.0 Å². The van der Waals surface area contributed by atoms with Crippen LogP contribution < -0.4 is 10.6 Å². The van der Waals surface area contributed by atoms with Gasteiger partial charge in [-0.3, -0.25) is 14.4 Å². The summed E-state index contributed by atoms with van der Waals surface area (Å²) >= 11 is 0. The van der Waals surface area contributed by atoms with Gasteiger partial charge in [0.05, 0.1) is 18.9 Å². The number of rotatable bonds is 13. The van der Waals surface area contributed by atoms with Gasteiger partial charge in [-0.1, -0.05) is 48.5 Å². The summed E-state index contributed by atoms with van der Waals surface area (Å²) in [4.78, 5) is 54.3. The van der Waals surface area contributed by atoms with E-state index in [1.165, 1.54) is 6.42 Å². The summed E-state index contributed by atoms with van der Waals surface area (Å²) < 4.78 is 11.6. The molecule has 7 rings (SSSR count). The summed E-state index contributed by atoms with van der Waals surface area (Å²) in [6, 6.07) is 16.6. The maximum atomic E-state index is 14.3. The molecule has 0 saturated heterocycles. The summed E-state index contributed by atoms with van der Waals surface area (Å²) in [5, 5.41) is 15.9. The first-order valence-electron chi connectivity index (χ1n) is 16.4. The van der Waals surface area contributed by atoms with Crippen LogP contribution in [0.2, 0.25) is 0 Å². The highest BCUT2D eigenvalue weighted by atomic mass is 16.6. The molecule has 0 aliphatic heterocycles. The lowest BCUT2D eigenvalue weighted by Gasteiger charge is -2.53. The maximum absolute atomic E-state index is 14.3. The van der Waals surface area contributed by atoms with Crippen molar-refractivity contribution < 1.29 is 33.8 Å². The van der Waals surface area contributed by atoms with Crippen LogP contribution >= 0.6 is 0 Å². The Morgan fingerprint density at radius 2 is 1.61 bits per heavy atom. The second-order valence-corrected chi connectivity index (χ2v) is 13.7. The maximum Gasteiger partial charge on any atom is 0.408 e. The molecule has 4 bridgehead atoms. The fourth-order valence-corrected chi connectivity index (χ4v) is 8.16. The Bertz CT molecular complexity index is 1540. The minimum Gasteiger partial charge on any atom is -0.481 e. The first-order chi connectivity index (χ1) is 22.1. The standard InChI is InChI=1S/C36H43N3O7/c1-36(19-27-20-37-30-10-6-5-9-29(27)30,39-35(44)46-33-25-14-23-13-24(16-25)17-26(33)15-23)34(43)38-28(18-22-7-3-2-4-8-22)21-45-32(42)12-11-31(40)41/h2-10,20,23-26,28,33,37H,11-19,21H2,1H3,(H,38,43)(H,39,44)(H,40,41)/t23?,24?,25?,26?,28-,33?,36+/m0/s1. The summed E-state index contributed by atoms with van der Waals surface area (Å²) in [5.41, 5.74) is 1.30. The molecule has 0 spiro atoms. The van der Waals surface area contributed by atoms with Crippen molar-refractivity contribution in [2.24, 2.45) is 23.7 Å². The fourth-order valence-electron chi connectivity index (χ4n) is 8.16. The molecule has 0 radical (unpaired) electrons. The van der Waals surface area contributed by atoms with E-state index in [0.717, 1.165) is 59.5 Å². The minimum atomic E-state index is -1.41. The van der Waals surface area contributed by atoms with Crippen molar-refractivity contribution in [1.29, 1.82) is 0 Å². The van der Waals surface area contributed by atoms with Gasteiger partial charge in [0.1, 0.15) is 18.2 Å². The van der Waals surface area contributed by atoms with E-state index < -0.39 is 35.5 Å². The molecule has 4 N–H and O–H groups in total. The molecular formula is C36H43N3O7. The predicted molar refractivity (Wildman–Crippen MR) is 171 cm³/mol. The largest absolute Gasteiger partial charge is 0.481 e. The van der Waals surface area contributed by atoms with Crippen LogP contribution in [0, 0.1) is 23.7 Å². The number of H-pyrrole nitrogens is 1. The van der Waals surface area contributed by atoms with Gasteiger partial charge in [0.15, 0.2) is 0 Å². The second kappa shape index (κ2) is 13.6. The molecule has 10 nitrogen and oxygen atoms in total. The van der Waals surface area contributed by atoms with Gasteiger partial charge in [-0.05, 0) is 86.3 Å². The van der Waals surface area contributed by atoms with E-state index in [4.69, 9.17) is 14.6 Å². The number of carboxylic acids is 1. The normalized spacial score (nSPS) is 24.9. The van der Waals surface area contributed by atoms with Crippen LogP contribution in [-0.4, -0.2) is 58.3 Å². The van der Waals surface area contributed by atoms with E-state index in [9.17, 15) is 19.2 Å². The van der Waals surface area contributed by atoms with Crippen molar-refractivity contribution in [3.63, 3.8) is 0 Å². The highest BCUT2D eigenvalue weighted by molar-refractivity contribution is 5.92. The number of aliphatic carboxylic acids is 1. The van der Waals surface area contributed by atoms with E-state index in [1.54, 1.807) is 6.92 Å². The van der Waals surface area contributed by atoms with Crippen LogP contribution in [-0.2, 0) is 36.7 Å². The molecule has 10 heteroatoms. The monoisotopic (exact) mass is 629 g/mol. The zero-order valence-corrected chi connectivity index (χ0v) is 26.2. The molecule has 2 atom stereocenters. The van der Waals surface area contributed by atoms with Crippen LogP contribution in [0.5, 0.6) is 0 Å². The third-order valence-electron chi connectivity index (χ3n) is 10.1. The number of carbonyl (C=O) groups is 4. The van der Waals surface area contributed by atoms with Crippen molar-refractivity contribution in [3.05, 3.63) is 71.9 Å². The Labute approximate surface area is 268 Å². The zero-order chi connectivity index (χ0) is 32.3. The molecule has 2 amide bonds. The van der Waals surface area contributed by atoms with Crippen LogP contribution in [0.4, 0.5) is 4.79 Å². The quantitative estimate of drug-likeness (QED) is 0.191. The van der Waals surface area contributed by atoms with Gasteiger partial charge in [-0.25, -0.2) is 4.79 Å². The molecule has 1 aromatic heterocycles. The van der Waals surface area contributed by atoms with Crippen molar-refractivity contribution in [3.8, 4) is 0 Å². The number of fused-ring (bicyclic) bond motifs is 1. The van der Waals surface area contributed by atoms with Crippen molar-refractivity contribution >= 4 is 34.8 Å². The summed E-state index contributed by atoms with van der Waals surface area (Å²) in [5.74, 6) is 0.0384. The number of nitrogens with one attached hydrogen (secondary N) is 3. The summed E-state index contributed by atoms with van der Waals surface area (Å²) in [6.45, 7) is 1.54. The van der Waals surface area contributed by atoms with Gasteiger partial charge in [-0.2, -0.15) is 0 Å². The number of hydrogen-bond acceptors (Lipinski definition) is 6. The number of carbonyl (C=O) groups excluding carboxylic acids is 3. The minimum absolute atomic E-state index is 0.135. The molecule has 4 fully saturated rings. The van der Waals surface area contributed by atoms with Gasteiger partial charge < -0.3 is 30.2 Å². The average molecular weight is 630 g/mol. The number of para-hydroxylation sites is 1. The average Bonchev–Trinajstić information content (AvgIpc) is 3.43. The van der Waals surface area contributed by atoms with E-state index in [0.29, 0.717) is 18.3 Å². The number of aromatic amines is 1. The molecule has 4 aliphatic rings. The lowest BCUT2D eigenvalue weighted by molar-refractivity contribution is -0.148. The zero-order valence-electron chi connectivity index (χ0n) is 26.2. The van der Waals surface area contributed by atoms with E-state index in [2.05, 4.69) is 15.6 Å². The van der Waals surface area contributed by atoms with Crippen LogP contribution in [0.1, 0.15) is 63.0 Å². The van der Waals surface area contributed by atoms with E-state index in [1.807, 2.05) is 60.8 Å². The first kappa shape index (κ1) is 31.6. The lowest BCUT2D eigenvalue weighted by atomic mass is 9.55. The Kier molecular flexibility index (Phi) is 9.33. The molecule has 2 aromatic carbocycles. The smallest absolute Gasteiger partial charge is 0.408 e. The second-order valence-electron chi connectivity index (χ2n) is 13.7. The molecule has 46 heavy (non-hydrogen) atoms. The molecule has 4 aliphatic carbocycles. The molecule has 0 unspecified atom stereocenters. The van der Waals surface area contributed by atoms with Gasteiger partial charge in [0.25, 0.3) is 0 Å². The van der Waals surface area contributed by atoms with Crippen LogP contribution in [0.15, 0.2) is 60.8 Å². The summed E-state index contributed by atoms with van der Waals surface area (Å²) in [7, 11) is 0. The number of aromatic nitrogens is 1. The number of benzene rings is 2. The SMILES string of the molecule is C[C@](Cc1c[nH]c2ccccc12)(NC(=O)OC1C2CC3CC(C2)CC1C3)C(=O)N[C@H](COC(=O)CCC(=O)O)Cc1ccccc1. The fraction of sp³-hybridized carbons (Fsp3) is 0.500. The van der Waals surface area contributed by atoms with Crippen molar-refractivity contribution in [2.45, 2.75) is 82.4 Å². The lowest BCUT2D eigenvalue weighted by Crippen LogP contribution is -2.61. The first-order valence-corrected chi connectivity index (χ1v) is 16.4. The van der Waals surface area contributed by atoms with Crippen LogP contribution in [0.25, 0.3) is 10.9 Å². The number of carboxylic acid groups (broad SMARTS) is 1. The van der Waals surface area contributed by atoms with Gasteiger partial charge >= 0.3 is 18.0 Å². The topological polar surface area (TPSA) is 147 Å². The molecular weight excluding hydrogens is 586 g/mol. The highest BCUT2D eigenvalue weighted by Gasteiger charge is 2.50.